The molecule has 4 rings (SSSR count). The Morgan fingerprint density at radius 1 is 1.03 bits per heavy atom. The van der Waals surface area contributed by atoms with Crippen LogP contribution in [0.4, 0.5) is 11.4 Å². The van der Waals surface area contributed by atoms with Crippen LogP contribution in [0.5, 0.6) is 5.75 Å². The van der Waals surface area contributed by atoms with Crippen molar-refractivity contribution in [2.75, 3.05) is 10.6 Å². The predicted octanol–water partition coefficient (Wildman–Crippen LogP) is 7.11. The van der Waals surface area contributed by atoms with Crippen molar-refractivity contribution in [2.45, 2.75) is 45.4 Å². The Bertz CT molecular complexity index is 1190. The fraction of sp³-hybridized carbons (Fsp3) is 0.320. The van der Waals surface area contributed by atoms with E-state index in [1.165, 1.54) is 0 Å². The summed E-state index contributed by atoms with van der Waals surface area (Å²) in [5.41, 5.74) is 1.09. The molecular weight excluding hydrogens is 543 g/mol. The molecule has 6 nitrogen and oxygen atoms in total. The van der Waals surface area contributed by atoms with E-state index in [1.807, 2.05) is 0 Å². The van der Waals surface area contributed by atoms with Crippen LogP contribution in [0.2, 0.25) is 10.0 Å². The van der Waals surface area contributed by atoms with Crippen LogP contribution in [-0.4, -0.2) is 17.7 Å². The van der Waals surface area contributed by atoms with Gasteiger partial charge in [-0.2, -0.15) is 0 Å². The Hall–Kier alpha value is -2.35. The second-order valence-corrected chi connectivity index (χ2v) is 9.95. The summed E-state index contributed by atoms with van der Waals surface area (Å²) in [7, 11) is 0. The molecule has 34 heavy (non-hydrogen) atoms. The van der Waals surface area contributed by atoms with Gasteiger partial charge < -0.3 is 15.4 Å². The van der Waals surface area contributed by atoms with Crippen LogP contribution >= 0.6 is 39.1 Å². The van der Waals surface area contributed by atoms with Crippen LogP contribution in [0, 0.1) is 5.41 Å². The number of rotatable bonds is 6. The van der Waals surface area contributed by atoms with Crippen LogP contribution in [0.25, 0.3) is 0 Å². The molecule has 0 aromatic heterocycles. The van der Waals surface area contributed by atoms with E-state index in [-0.39, 0.29) is 39.2 Å². The minimum Gasteiger partial charge on any atom is -0.422 e. The largest absolute Gasteiger partial charge is 0.422 e. The highest BCUT2D eigenvalue weighted by molar-refractivity contribution is 9.12. The number of ether oxygens (including phenoxy) is 1. The van der Waals surface area contributed by atoms with Gasteiger partial charge in [0.2, 0.25) is 0 Å². The number of anilines is 2. The molecule has 0 aliphatic heterocycles. The third-order valence-corrected chi connectivity index (χ3v) is 7.64. The Morgan fingerprint density at radius 3 is 2.29 bits per heavy atom. The van der Waals surface area contributed by atoms with Crippen LogP contribution in [0.3, 0.4) is 0 Å². The summed E-state index contributed by atoms with van der Waals surface area (Å²) in [4.78, 5) is 38.0. The predicted molar refractivity (Wildman–Crippen MR) is 137 cm³/mol. The SMILES string of the molecule is CCC(=O)Oc1c(NC(=O)c2c(Cl)cccc2Cl)cccc1NC1=C(Br)C(=O)C12CCCCC2. The Labute approximate surface area is 216 Å². The first-order valence-corrected chi connectivity index (χ1v) is 12.6. The van der Waals surface area contributed by atoms with E-state index in [9.17, 15) is 14.4 Å². The number of halogens is 3. The number of nitrogens with one attached hydrogen (secondary N) is 2. The Kier molecular flexibility index (Phi) is 7.36. The van der Waals surface area contributed by atoms with Crippen molar-refractivity contribution in [1.29, 1.82) is 0 Å². The smallest absolute Gasteiger partial charge is 0.311 e. The zero-order chi connectivity index (χ0) is 24.5. The van der Waals surface area contributed by atoms with Crippen molar-refractivity contribution in [3.8, 4) is 5.75 Å². The van der Waals surface area contributed by atoms with Crippen molar-refractivity contribution in [1.82, 2.24) is 0 Å². The molecule has 0 saturated heterocycles. The second-order valence-electron chi connectivity index (χ2n) is 8.35. The number of carbonyl (C=O) groups is 3. The summed E-state index contributed by atoms with van der Waals surface area (Å²) >= 11 is 15.8. The van der Waals surface area contributed by atoms with Gasteiger partial charge in [-0.05, 0) is 53.0 Å². The summed E-state index contributed by atoms with van der Waals surface area (Å²) in [6.45, 7) is 1.68. The Morgan fingerprint density at radius 2 is 1.65 bits per heavy atom. The molecule has 0 bridgehead atoms. The zero-order valence-electron chi connectivity index (χ0n) is 18.5. The average Bonchev–Trinajstić information content (AvgIpc) is 2.83. The van der Waals surface area contributed by atoms with Gasteiger partial charge in [0.25, 0.3) is 5.91 Å². The standard InChI is InChI=1S/C25H23BrCl2N2O4/c1-2-18(31)34-21-16(29-22-20(26)23(32)25(22)12-4-3-5-13-25)10-7-11-17(21)30-24(33)19-14(27)8-6-9-15(19)28/h6-11,29H,2-5,12-13H2,1H3,(H,30,33). The number of esters is 1. The number of allylic oxidation sites excluding steroid dienone is 2. The van der Waals surface area contributed by atoms with E-state index in [4.69, 9.17) is 27.9 Å². The molecule has 9 heteroatoms. The molecule has 2 aliphatic carbocycles. The second kappa shape index (κ2) is 10.1. The molecule has 2 N–H and O–H groups in total. The number of benzene rings is 2. The number of carbonyl (C=O) groups excluding carboxylic acids is 3. The van der Waals surface area contributed by atoms with Gasteiger partial charge in [-0.1, -0.05) is 61.5 Å². The highest BCUT2D eigenvalue weighted by Gasteiger charge is 2.53. The quantitative estimate of drug-likeness (QED) is 0.288. The summed E-state index contributed by atoms with van der Waals surface area (Å²) in [6.07, 6.45) is 4.75. The maximum atomic E-state index is 13.0. The lowest BCUT2D eigenvalue weighted by molar-refractivity contribution is -0.134. The topological polar surface area (TPSA) is 84.5 Å². The minimum atomic E-state index is -0.548. The van der Waals surface area contributed by atoms with Gasteiger partial charge in [-0.15, -0.1) is 0 Å². The van der Waals surface area contributed by atoms with Crippen molar-refractivity contribution < 1.29 is 19.1 Å². The van der Waals surface area contributed by atoms with Crippen molar-refractivity contribution in [3.63, 3.8) is 0 Å². The number of Topliss-reactive ketones (excluding diaryl/α,β-unsaturated/α-hetero) is 1. The van der Waals surface area contributed by atoms with E-state index in [2.05, 4.69) is 26.6 Å². The minimum absolute atomic E-state index is 0.0969. The van der Waals surface area contributed by atoms with E-state index in [1.54, 1.807) is 43.3 Å². The van der Waals surface area contributed by atoms with Gasteiger partial charge in [-0.3, -0.25) is 14.4 Å². The fourth-order valence-electron chi connectivity index (χ4n) is 4.46. The highest BCUT2D eigenvalue weighted by atomic mass is 79.9. The van der Waals surface area contributed by atoms with Crippen LogP contribution in [-0.2, 0) is 9.59 Å². The first kappa shape index (κ1) is 24.8. The van der Waals surface area contributed by atoms with E-state index in [0.29, 0.717) is 10.2 Å². The lowest BCUT2D eigenvalue weighted by Crippen LogP contribution is -2.47. The molecule has 2 aromatic carbocycles. The summed E-state index contributed by atoms with van der Waals surface area (Å²) < 4.78 is 6.12. The monoisotopic (exact) mass is 564 g/mol. The van der Waals surface area contributed by atoms with Crippen LogP contribution in [0.15, 0.2) is 46.6 Å². The third-order valence-electron chi connectivity index (χ3n) is 6.26. The van der Waals surface area contributed by atoms with Crippen molar-refractivity contribution in [2.24, 2.45) is 5.41 Å². The molecule has 1 spiro atoms. The molecular formula is C25H23BrCl2N2O4. The molecule has 2 aromatic rings. The number of ketones is 1. The highest BCUT2D eigenvalue weighted by Crippen LogP contribution is 2.55. The maximum absolute atomic E-state index is 13.0. The van der Waals surface area contributed by atoms with E-state index in [0.717, 1.165) is 37.8 Å². The Balaban J connectivity index is 1.70. The zero-order valence-corrected chi connectivity index (χ0v) is 21.6. The van der Waals surface area contributed by atoms with E-state index < -0.39 is 17.3 Å². The number of para-hydroxylation sites is 1. The van der Waals surface area contributed by atoms with Gasteiger partial charge >= 0.3 is 5.97 Å². The molecule has 178 valence electrons. The van der Waals surface area contributed by atoms with Gasteiger partial charge in [0.15, 0.2) is 11.5 Å². The molecule has 1 fully saturated rings. The lowest BCUT2D eigenvalue weighted by atomic mass is 9.62. The molecule has 0 atom stereocenters. The van der Waals surface area contributed by atoms with Crippen molar-refractivity contribution in [3.05, 3.63) is 62.2 Å². The third kappa shape index (κ3) is 4.49. The number of hydrogen-bond donors (Lipinski definition) is 2. The van der Waals surface area contributed by atoms with Crippen molar-refractivity contribution >= 4 is 68.2 Å². The van der Waals surface area contributed by atoms with Crippen LogP contribution in [0.1, 0.15) is 55.8 Å². The van der Waals surface area contributed by atoms with Gasteiger partial charge in [0, 0.05) is 12.1 Å². The normalized spacial score (nSPS) is 16.8. The average molecular weight is 566 g/mol. The van der Waals surface area contributed by atoms with Gasteiger partial charge in [0.1, 0.15) is 0 Å². The van der Waals surface area contributed by atoms with Gasteiger partial charge in [-0.25, -0.2) is 0 Å². The first-order valence-electron chi connectivity index (χ1n) is 11.1. The molecule has 1 amide bonds. The summed E-state index contributed by atoms with van der Waals surface area (Å²) in [5.74, 6) is -0.751. The maximum Gasteiger partial charge on any atom is 0.311 e. The van der Waals surface area contributed by atoms with Gasteiger partial charge in [0.05, 0.1) is 36.9 Å². The first-order chi connectivity index (χ1) is 16.3. The molecule has 0 heterocycles. The molecule has 0 radical (unpaired) electrons. The summed E-state index contributed by atoms with van der Waals surface area (Å²) in [5, 5.41) is 6.49. The lowest BCUT2D eigenvalue weighted by Gasteiger charge is -2.45. The summed E-state index contributed by atoms with van der Waals surface area (Å²) in [6, 6.07) is 9.87. The number of hydrogen-bond acceptors (Lipinski definition) is 5. The number of amides is 1. The molecule has 2 aliphatic rings. The molecule has 1 saturated carbocycles. The van der Waals surface area contributed by atoms with Crippen LogP contribution < -0.4 is 15.4 Å². The fourth-order valence-corrected chi connectivity index (χ4v) is 5.88. The van der Waals surface area contributed by atoms with E-state index >= 15 is 0 Å². The molecule has 0 unspecified atom stereocenters.